The van der Waals surface area contributed by atoms with E-state index in [1.807, 2.05) is 54.6 Å². The highest BCUT2D eigenvalue weighted by Gasteiger charge is 2.16. The summed E-state index contributed by atoms with van der Waals surface area (Å²) in [7, 11) is 0. The van der Waals surface area contributed by atoms with E-state index in [2.05, 4.69) is 35.7 Å². The van der Waals surface area contributed by atoms with Gasteiger partial charge in [0, 0.05) is 23.8 Å². The minimum atomic E-state index is 0.393. The lowest BCUT2D eigenvalue weighted by molar-refractivity contribution is 0.568. The Hall–Kier alpha value is -3.19. The Balaban J connectivity index is 1.55. The molecule has 2 aromatic carbocycles. The van der Waals surface area contributed by atoms with Gasteiger partial charge in [0.25, 0.3) is 0 Å². The zero-order valence-electron chi connectivity index (χ0n) is 15.9. The third-order valence-electron chi connectivity index (χ3n) is 4.54. The molecule has 148 valence electrons. The zero-order valence-corrected chi connectivity index (χ0v) is 16.7. The van der Waals surface area contributed by atoms with E-state index in [0.717, 1.165) is 37.2 Å². The largest absolute Gasteiger partial charge is 0.341 e. The van der Waals surface area contributed by atoms with Crippen molar-refractivity contribution >= 4 is 41.3 Å². The van der Waals surface area contributed by atoms with Crippen LogP contribution in [0.5, 0.6) is 0 Å². The molecule has 1 aliphatic heterocycles. The molecule has 0 bridgehead atoms. The molecule has 0 spiro atoms. The van der Waals surface area contributed by atoms with Gasteiger partial charge in [0.15, 0.2) is 0 Å². The Bertz CT molecular complexity index is 955. The molecule has 0 aliphatic carbocycles. The molecule has 8 heteroatoms. The average molecular weight is 408 g/mol. The summed E-state index contributed by atoms with van der Waals surface area (Å²) in [5.41, 5.74) is 4.76. The average Bonchev–Trinajstić information content (AvgIpc) is 2.76. The summed E-state index contributed by atoms with van der Waals surface area (Å²) in [5.74, 6) is 1.53. The monoisotopic (exact) mass is 407 g/mol. The van der Waals surface area contributed by atoms with Crippen LogP contribution in [-0.4, -0.2) is 34.3 Å². The van der Waals surface area contributed by atoms with Gasteiger partial charge in [0.05, 0.1) is 6.21 Å². The van der Waals surface area contributed by atoms with E-state index in [1.54, 1.807) is 6.21 Å². The van der Waals surface area contributed by atoms with Crippen molar-refractivity contribution in [1.82, 2.24) is 15.0 Å². The number of nitrogens with one attached hydrogen (secondary N) is 2. The van der Waals surface area contributed by atoms with Crippen molar-refractivity contribution in [1.29, 1.82) is 0 Å². The Morgan fingerprint density at radius 1 is 0.862 bits per heavy atom. The molecule has 29 heavy (non-hydrogen) atoms. The van der Waals surface area contributed by atoms with Crippen LogP contribution in [0.4, 0.5) is 23.5 Å². The second-order valence-electron chi connectivity index (χ2n) is 6.74. The number of anilines is 4. The van der Waals surface area contributed by atoms with Crippen molar-refractivity contribution in [3.8, 4) is 0 Å². The highest BCUT2D eigenvalue weighted by atomic mass is 35.5. The van der Waals surface area contributed by atoms with Crippen molar-refractivity contribution in [2.45, 2.75) is 19.3 Å². The summed E-state index contributed by atoms with van der Waals surface area (Å²) in [5, 5.41) is 8.19. The standard InChI is InChI=1S/C21H22ClN7/c22-17-11-9-16(10-12-17)15-23-28-20-25-19(24-18-7-3-1-4-8-18)26-21(27-20)29-13-5-2-6-14-29/h1,3-4,7-12,15H,2,5-6,13-14H2,(H2,24,25,26,27,28). The topological polar surface area (TPSA) is 78.3 Å². The fourth-order valence-corrected chi connectivity index (χ4v) is 3.20. The number of rotatable bonds is 6. The molecule has 1 aromatic heterocycles. The van der Waals surface area contributed by atoms with Gasteiger partial charge < -0.3 is 10.2 Å². The molecule has 1 fully saturated rings. The van der Waals surface area contributed by atoms with Crippen LogP contribution in [0.3, 0.4) is 0 Å². The first kappa shape index (κ1) is 19.1. The van der Waals surface area contributed by atoms with E-state index < -0.39 is 0 Å². The third-order valence-corrected chi connectivity index (χ3v) is 4.79. The van der Waals surface area contributed by atoms with E-state index in [9.17, 15) is 0 Å². The molecular weight excluding hydrogens is 386 g/mol. The van der Waals surface area contributed by atoms with Crippen LogP contribution in [0.15, 0.2) is 59.7 Å². The van der Waals surface area contributed by atoms with Gasteiger partial charge in [-0.05, 0) is 49.1 Å². The second kappa shape index (κ2) is 9.34. The predicted molar refractivity (Wildman–Crippen MR) is 118 cm³/mol. The van der Waals surface area contributed by atoms with E-state index in [-0.39, 0.29) is 0 Å². The summed E-state index contributed by atoms with van der Waals surface area (Å²) in [6.07, 6.45) is 5.23. The van der Waals surface area contributed by atoms with Crippen LogP contribution in [0, 0.1) is 0 Å². The number of halogens is 1. The van der Waals surface area contributed by atoms with Crippen LogP contribution >= 0.6 is 11.6 Å². The summed E-state index contributed by atoms with van der Waals surface area (Å²) in [4.78, 5) is 15.8. The maximum absolute atomic E-state index is 5.92. The molecule has 3 aromatic rings. The van der Waals surface area contributed by atoms with Gasteiger partial charge in [-0.15, -0.1) is 0 Å². The molecule has 0 unspecified atom stereocenters. The van der Waals surface area contributed by atoms with Gasteiger partial charge in [0.2, 0.25) is 17.8 Å². The number of aromatic nitrogens is 3. The Morgan fingerprint density at radius 3 is 2.34 bits per heavy atom. The number of para-hydroxylation sites is 1. The van der Waals surface area contributed by atoms with Gasteiger partial charge in [0.1, 0.15) is 0 Å². The molecule has 0 amide bonds. The number of hydrazone groups is 1. The number of benzene rings is 2. The van der Waals surface area contributed by atoms with Crippen molar-refractivity contribution in [3.63, 3.8) is 0 Å². The van der Waals surface area contributed by atoms with E-state index >= 15 is 0 Å². The first-order chi connectivity index (χ1) is 14.3. The number of piperidine rings is 1. The molecule has 4 rings (SSSR count). The van der Waals surface area contributed by atoms with Crippen molar-refractivity contribution < 1.29 is 0 Å². The summed E-state index contributed by atoms with van der Waals surface area (Å²) >= 11 is 5.92. The molecular formula is C21H22ClN7. The SMILES string of the molecule is Clc1ccc(C=NNc2nc(Nc3ccccc3)nc(N3CCCCC3)n2)cc1. The third kappa shape index (κ3) is 5.42. The van der Waals surface area contributed by atoms with Gasteiger partial charge in [-0.2, -0.15) is 20.1 Å². The van der Waals surface area contributed by atoms with Gasteiger partial charge in [-0.25, -0.2) is 5.43 Å². The number of nitrogens with zero attached hydrogens (tertiary/aromatic N) is 5. The fraction of sp³-hybridized carbons (Fsp3) is 0.238. The second-order valence-corrected chi connectivity index (χ2v) is 7.18. The Kier molecular flexibility index (Phi) is 6.16. The van der Waals surface area contributed by atoms with E-state index in [1.165, 1.54) is 6.42 Å². The van der Waals surface area contributed by atoms with Crippen molar-refractivity contribution in [2.24, 2.45) is 5.10 Å². The minimum absolute atomic E-state index is 0.393. The van der Waals surface area contributed by atoms with Crippen LogP contribution in [0.2, 0.25) is 5.02 Å². The van der Waals surface area contributed by atoms with Crippen LogP contribution < -0.4 is 15.6 Å². The molecule has 7 nitrogen and oxygen atoms in total. The lowest BCUT2D eigenvalue weighted by atomic mass is 10.1. The Labute approximate surface area is 174 Å². The Morgan fingerprint density at radius 2 is 1.59 bits per heavy atom. The van der Waals surface area contributed by atoms with Crippen molar-refractivity contribution in [2.75, 3.05) is 28.7 Å². The molecule has 2 heterocycles. The van der Waals surface area contributed by atoms with Crippen molar-refractivity contribution in [3.05, 3.63) is 65.2 Å². The van der Waals surface area contributed by atoms with Crippen LogP contribution in [-0.2, 0) is 0 Å². The lowest BCUT2D eigenvalue weighted by Gasteiger charge is -2.26. The number of hydrogen-bond donors (Lipinski definition) is 2. The van der Waals surface area contributed by atoms with Crippen LogP contribution in [0.25, 0.3) is 0 Å². The highest BCUT2D eigenvalue weighted by molar-refractivity contribution is 6.30. The van der Waals surface area contributed by atoms with Gasteiger partial charge in [-0.1, -0.05) is 41.9 Å². The van der Waals surface area contributed by atoms with Crippen LogP contribution in [0.1, 0.15) is 24.8 Å². The molecule has 2 N–H and O–H groups in total. The molecule has 0 saturated carbocycles. The molecule has 1 saturated heterocycles. The maximum atomic E-state index is 5.92. The first-order valence-electron chi connectivity index (χ1n) is 9.64. The van der Waals surface area contributed by atoms with E-state index in [0.29, 0.717) is 22.9 Å². The maximum Gasteiger partial charge on any atom is 0.250 e. The minimum Gasteiger partial charge on any atom is -0.341 e. The normalized spacial score (nSPS) is 14.2. The summed E-state index contributed by atoms with van der Waals surface area (Å²) < 4.78 is 0. The highest BCUT2D eigenvalue weighted by Crippen LogP contribution is 2.20. The summed E-state index contributed by atoms with van der Waals surface area (Å²) in [6.45, 7) is 1.89. The molecule has 0 atom stereocenters. The predicted octanol–water partition coefficient (Wildman–Crippen LogP) is 4.70. The quantitative estimate of drug-likeness (QED) is 0.455. The zero-order chi connectivity index (χ0) is 19.9. The number of hydrogen-bond acceptors (Lipinski definition) is 7. The molecule has 1 aliphatic rings. The fourth-order valence-electron chi connectivity index (χ4n) is 3.07. The van der Waals surface area contributed by atoms with Gasteiger partial charge >= 0.3 is 0 Å². The first-order valence-corrected chi connectivity index (χ1v) is 10.0. The van der Waals surface area contributed by atoms with Gasteiger partial charge in [-0.3, -0.25) is 0 Å². The smallest absolute Gasteiger partial charge is 0.250 e. The lowest BCUT2D eigenvalue weighted by Crippen LogP contribution is -2.31. The molecule has 0 radical (unpaired) electrons. The summed E-state index contributed by atoms with van der Waals surface area (Å²) in [6, 6.07) is 17.3. The van der Waals surface area contributed by atoms with E-state index in [4.69, 9.17) is 11.6 Å².